The van der Waals surface area contributed by atoms with Gasteiger partial charge in [-0.15, -0.1) is 10.2 Å². The number of nitrogens with zero attached hydrogens (tertiary/aromatic N) is 3. The van der Waals surface area contributed by atoms with E-state index in [2.05, 4.69) is 10.2 Å². The summed E-state index contributed by atoms with van der Waals surface area (Å²) in [7, 11) is 0. The molecule has 0 aliphatic carbocycles. The van der Waals surface area contributed by atoms with Crippen molar-refractivity contribution in [3.05, 3.63) is 64.0 Å². The molecule has 0 saturated heterocycles. The predicted octanol–water partition coefficient (Wildman–Crippen LogP) is 4.54. The number of thioether (sulfide) groups is 1. The summed E-state index contributed by atoms with van der Waals surface area (Å²) < 4.78 is 1.83. The summed E-state index contributed by atoms with van der Waals surface area (Å²) in [5, 5.41) is 28.9. The fourth-order valence-electron chi connectivity index (χ4n) is 2.45. The minimum absolute atomic E-state index is 0.00987. The van der Waals surface area contributed by atoms with Crippen LogP contribution in [0.2, 0.25) is 5.02 Å². The number of carbonyl (C=O) groups is 1. The monoisotopic (exact) mass is 401 g/mol. The highest BCUT2D eigenvalue weighted by Gasteiger charge is 2.18. The van der Waals surface area contributed by atoms with Crippen LogP contribution < -0.4 is 0 Å². The standard InChI is InChI=1S/C19H16ClN3O3S/c1-2-23-17(12-7-9-14(20)10-8-12)21-22-19(23)27-16(18(25)26)11-13-5-3-4-6-15(13)24/h3-11,24H,2H2,1H3,(H,25,26)/b16-11+. The van der Waals surface area contributed by atoms with Gasteiger partial charge in [0, 0.05) is 22.7 Å². The van der Waals surface area contributed by atoms with E-state index in [1.54, 1.807) is 30.3 Å². The molecular weight excluding hydrogens is 386 g/mol. The minimum atomic E-state index is -1.11. The van der Waals surface area contributed by atoms with Crippen LogP contribution in [-0.2, 0) is 11.3 Å². The second-order valence-corrected chi connectivity index (χ2v) is 6.98. The van der Waals surface area contributed by atoms with Gasteiger partial charge in [0.05, 0.1) is 0 Å². The maximum absolute atomic E-state index is 11.7. The molecule has 6 nitrogen and oxygen atoms in total. The zero-order valence-corrected chi connectivity index (χ0v) is 15.9. The molecule has 0 fully saturated rings. The van der Waals surface area contributed by atoms with Gasteiger partial charge >= 0.3 is 5.97 Å². The second kappa shape index (κ2) is 8.28. The quantitative estimate of drug-likeness (QED) is 0.465. The average Bonchev–Trinajstić information content (AvgIpc) is 3.06. The maximum atomic E-state index is 11.7. The number of para-hydroxylation sites is 1. The Morgan fingerprint density at radius 3 is 2.52 bits per heavy atom. The molecule has 27 heavy (non-hydrogen) atoms. The van der Waals surface area contributed by atoms with Crippen molar-refractivity contribution in [1.29, 1.82) is 0 Å². The number of aromatic hydroxyl groups is 1. The number of phenolic OH excluding ortho intramolecular Hbond substituents is 1. The summed E-state index contributed by atoms with van der Waals surface area (Å²) in [5.41, 5.74) is 1.25. The first-order chi connectivity index (χ1) is 13.0. The molecule has 0 spiro atoms. The zero-order valence-electron chi connectivity index (χ0n) is 14.3. The van der Waals surface area contributed by atoms with Crippen LogP contribution in [0.15, 0.2) is 58.6 Å². The molecule has 0 aliphatic heterocycles. The molecule has 138 valence electrons. The topological polar surface area (TPSA) is 88.2 Å². The summed E-state index contributed by atoms with van der Waals surface area (Å²) in [6.07, 6.45) is 1.42. The highest BCUT2D eigenvalue weighted by molar-refractivity contribution is 8.04. The summed E-state index contributed by atoms with van der Waals surface area (Å²) in [6, 6.07) is 13.7. The smallest absolute Gasteiger partial charge is 0.342 e. The Morgan fingerprint density at radius 1 is 1.19 bits per heavy atom. The van der Waals surface area contributed by atoms with E-state index in [0.717, 1.165) is 17.3 Å². The van der Waals surface area contributed by atoms with Gasteiger partial charge in [0.25, 0.3) is 0 Å². The van der Waals surface area contributed by atoms with Crippen LogP contribution in [0.25, 0.3) is 17.5 Å². The van der Waals surface area contributed by atoms with Crippen molar-refractivity contribution >= 4 is 35.4 Å². The van der Waals surface area contributed by atoms with Crippen LogP contribution in [0.3, 0.4) is 0 Å². The van der Waals surface area contributed by atoms with E-state index in [4.69, 9.17) is 11.6 Å². The summed E-state index contributed by atoms with van der Waals surface area (Å²) in [4.78, 5) is 11.7. The zero-order chi connectivity index (χ0) is 19.4. The number of aliphatic carboxylic acids is 1. The molecule has 0 saturated carbocycles. The molecule has 3 rings (SSSR count). The molecule has 8 heteroatoms. The number of hydrogen-bond donors (Lipinski definition) is 2. The SMILES string of the molecule is CCn1c(S/C(=C/c2ccccc2O)C(=O)O)nnc1-c1ccc(Cl)cc1. The van der Waals surface area contributed by atoms with Crippen LogP contribution in [-0.4, -0.2) is 30.9 Å². The molecule has 0 amide bonds. The molecule has 1 heterocycles. The Kier molecular flexibility index (Phi) is 5.83. The Balaban J connectivity index is 1.97. The van der Waals surface area contributed by atoms with Crippen LogP contribution in [0, 0.1) is 0 Å². The van der Waals surface area contributed by atoms with Gasteiger partial charge in [-0.05, 0) is 55.1 Å². The lowest BCUT2D eigenvalue weighted by Crippen LogP contribution is -2.02. The van der Waals surface area contributed by atoms with Crippen molar-refractivity contribution in [2.24, 2.45) is 0 Å². The molecule has 0 aliphatic rings. The van der Waals surface area contributed by atoms with E-state index in [-0.39, 0.29) is 10.7 Å². The third-order valence-electron chi connectivity index (χ3n) is 3.77. The number of carboxylic acid groups (broad SMARTS) is 1. The Morgan fingerprint density at radius 2 is 1.89 bits per heavy atom. The number of aromatic nitrogens is 3. The Hall–Kier alpha value is -2.77. The van der Waals surface area contributed by atoms with Gasteiger partial charge in [-0.1, -0.05) is 29.8 Å². The lowest BCUT2D eigenvalue weighted by molar-refractivity contribution is -0.131. The first-order valence-corrected chi connectivity index (χ1v) is 9.29. The van der Waals surface area contributed by atoms with E-state index >= 15 is 0 Å². The van der Waals surface area contributed by atoms with Gasteiger partial charge in [-0.2, -0.15) is 0 Å². The van der Waals surface area contributed by atoms with Crippen LogP contribution in [0.1, 0.15) is 12.5 Å². The van der Waals surface area contributed by atoms with E-state index in [1.807, 2.05) is 23.6 Å². The molecule has 0 bridgehead atoms. The maximum Gasteiger partial charge on any atom is 0.342 e. The summed E-state index contributed by atoms with van der Waals surface area (Å²) in [6.45, 7) is 2.50. The first-order valence-electron chi connectivity index (χ1n) is 8.09. The van der Waals surface area contributed by atoms with Crippen molar-refractivity contribution in [3.63, 3.8) is 0 Å². The molecule has 0 unspecified atom stereocenters. The lowest BCUT2D eigenvalue weighted by Gasteiger charge is -2.08. The molecule has 0 radical (unpaired) electrons. The average molecular weight is 402 g/mol. The number of benzene rings is 2. The third kappa shape index (κ3) is 4.32. The molecule has 3 aromatic rings. The molecular formula is C19H16ClN3O3S. The van der Waals surface area contributed by atoms with Crippen molar-refractivity contribution < 1.29 is 15.0 Å². The van der Waals surface area contributed by atoms with Gasteiger partial charge in [0.2, 0.25) is 0 Å². The largest absolute Gasteiger partial charge is 0.507 e. The molecule has 2 aromatic carbocycles. The van der Waals surface area contributed by atoms with Crippen LogP contribution >= 0.6 is 23.4 Å². The highest BCUT2D eigenvalue weighted by Crippen LogP contribution is 2.32. The van der Waals surface area contributed by atoms with Crippen LogP contribution in [0.5, 0.6) is 5.75 Å². The minimum Gasteiger partial charge on any atom is -0.507 e. The van der Waals surface area contributed by atoms with Crippen molar-refractivity contribution in [1.82, 2.24) is 14.8 Å². The van der Waals surface area contributed by atoms with Crippen molar-refractivity contribution in [2.75, 3.05) is 0 Å². The number of phenols is 1. The van der Waals surface area contributed by atoms with E-state index in [0.29, 0.717) is 28.1 Å². The lowest BCUT2D eigenvalue weighted by atomic mass is 10.2. The highest BCUT2D eigenvalue weighted by atomic mass is 35.5. The predicted molar refractivity (Wildman–Crippen MR) is 106 cm³/mol. The van der Waals surface area contributed by atoms with E-state index < -0.39 is 5.97 Å². The second-order valence-electron chi connectivity index (χ2n) is 5.53. The van der Waals surface area contributed by atoms with Crippen molar-refractivity contribution in [3.8, 4) is 17.1 Å². The number of carboxylic acids is 1. The van der Waals surface area contributed by atoms with Gasteiger partial charge in [0.15, 0.2) is 11.0 Å². The third-order valence-corrected chi connectivity index (χ3v) is 5.02. The number of hydrogen-bond acceptors (Lipinski definition) is 5. The molecule has 2 N–H and O–H groups in total. The number of halogens is 1. The first kappa shape index (κ1) is 19.0. The van der Waals surface area contributed by atoms with E-state index in [9.17, 15) is 15.0 Å². The Bertz CT molecular complexity index is 1000. The normalized spacial score (nSPS) is 11.6. The molecule has 1 aromatic heterocycles. The van der Waals surface area contributed by atoms with Gasteiger partial charge in [0.1, 0.15) is 10.7 Å². The van der Waals surface area contributed by atoms with E-state index in [1.165, 1.54) is 12.1 Å². The van der Waals surface area contributed by atoms with Gasteiger partial charge in [-0.25, -0.2) is 4.79 Å². The van der Waals surface area contributed by atoms with Crippen molar-refractivity contribution in [2.45, 2.75) is 18.6 Å². The number of rotatable bonds is 6. The summed E-state index contributed by atoms with van der Waals surface area (Å²) >= 11 is 6.92. The molecule has 0 atom stereocenters. The Labute approximate surface area is 165 Å². The van der Waals surface area contributed by atoms with Gasteiger partial charge < -0.3 is 14.8 Å². The van der Waals surface area contributed by atoms with Gasteiger partial charge in [-0.3, -0.25) is 0 Å². The fourth-order valence-corrected chi connectivity index (χ4v) is 3.45. The fraction of sp³-hybridized carbons (Fsp3) is 0.105. The van der Waals surface area contributed by atoms with Crippen LogP contribution in [0.4, 0.5) is 0 Å². The summed E-state index contributed by atoms with van der Waals surface area (Å²) in [5.74, 6) is -0.471.